The van der Waals surface area contributed by atoms with Crippen LogP contribution in [0.5, 0.6) is 0 Å². The molecule has 0 fully saturated rings. The summed E-state index contributed by atoms with van der Waals surface area (Å²) in [5.41, 5.74) is 4.91. The van der Waals surface area contributed by atoms with Gasteiger partial charge >= 0.3 is 0 Å². The molecule has 4 nitrogen and oxygen atoms in total. The average Bonchev–Trinajstić information content (AvgIpc) is 2.01. The Balaban J connectivity index is 4.52. The van der Waals surface area contributed by atoms with E-state index in [1.807, 2.05) is 20.8 Å². The fourth-order valence-electron chi connectivity index (χ4n) is 0.685. The van der Waals surface area contributed by atoms with E-state index in [-0.39, 0.29) is 12.1 Å². The first kappa shape index (κ1) is 12.9. The Labute approximate surface area is 80.9 Å². The molecule has 80 valence electrons. The highest BCUT2D eigenvalue weighted by atomic mass is 32.2. The summed E-state index contributed by atoms with van der Waals surface area (Å²) >= 11 is 0. The molecule has 0 spiro atoms. The molecule has 5 heteroatoms. The predicted molar refractivity (Wildman–Crippen MR) is 54.9 cm³/mol. The van der Waals surface area contributed by atoms with Crippen molar-refractivity contribution in [2.45, 2.75) is 44.9 Å². The van der Waals surface area contributed by atoms with Gasteiger partial charge in [-0.15, -0.1) is 0 Å². The van der Waals surface area contributed by atoms with E-state index < -0.39 is 15.3 Å². The van der Waals surface area contributed by atoms with Crippen LogP contribution in [0.2, 0.25) is 0 Å². The van der Waals surface area contributed by atoms with Gasteiger partial charge in [0.1, 0.15) is 0 Å². The van der Waals surface area contributed by atoms with Crippen LogP contribution in [0.15, 0.2) is 0 Å². The molecule has 1 atom stereocenters. The molecular weight excluding hydrogens is 188 g/mol. The van der Waals surface area contributed by atoms with E-state index in [4.69, 9.17) is 5.73 Å². The van der Waals surface area contributed by atoms with Gasteiger partial charge < -0.3 is 5.73 Å². The number of nitrogens with one attached hydrogen (secondary N) is 1. The van der Waals surface area contributed by atoms with Crippen LogP contribution >= 0.6 is 0 Å². The largest absolute Gasteiger partial charge is 0.329 e. The number of hydrogen-bond donors (Lipinski definition) is 2. The van der Waals surface area contributed by atoms with Gasteiger partial charge in [0.05, 0.1) is 5.25 Å². The lowest BCUT2D eigenvalue weighted by atomic mass is 10.0. The van der Waals surface area contributed by atoms with Crippen LogP contribution in [0, 0.1) is 0 Å². The van der Waals surface area contributed by atoms with Gasteiger partial charge in [-0.3, -0.25) is 0 Å². The summed E-state index contributed by atoms with van der Waals surface area (Å²) in [4.78, 5) is 0. The van der Waals surface area contributed by atoms with Crippen molar-refractivity contribution in [2.24, 2.45) is 5.73 Å². The van der Waals surface area contributed by atoms with Crippen LogP contribution in [0.25, 0.3) is 0 Å². The number of sulfonamides is 1. The molecule has 0 saturated carbocycles. The fraction of sp³-hybridized carbons (Fsp3) is 1.00. The highest BCUT2D eigenvalue weighted by Crippen LogP contribution is 2.10. The Hall–Kier alpha value is -0.130. The molecule has 0 aliphatic rings. The standard InChI is InChI=1S/C8H20N2O2S/c1-5-8(3,4)10-13(11,12)7(2)6-9/h7,10H,5-6,9H2,1-4H3. The van der Waals surface area contributed by atoms with Crippen molar-refractivity contribution in [3.63, 3.8) is 0 Å². The molecule has 0 radical (unpaired) electrons. The topological polar surface area (TPSA) is 72.2 Å². The first-order valence-corrected chi connectivity index (χ1v) is 6.02. The Kier molecular flexibility index (Phi) is 4.35. The zero-order chi connectivity index (χ0) is 10.7. The molecule has 0 aliphatic carbocycles. The minimum Gasteiger partial charge on any atom is -0.329 e. The van der Waals surface area contributed by atoms with Crippen molar-refractivity contribution in [3.8, 4) is 0 Å². The summed E-state index contributed by atoms with van der Waals surface area (Å²) < 4.78 is 25.7. The average molecular weight is 208 g/mol. The van der Waals surface area contributed by atoms with Crippen LogP contribution in [0.4, 0.5) is 0 Å². The van der Waals surface area contributed by atoms with E-state index >= 15 is 0 Å². The maximum Gasteiger partial charge on any atom is 0.215 e. The van der Waals surface area contributed by atoms with E-state index in [1.165, 1.54) is 0 Å². The Morgan fingerprint density at radius 2 is 1.92 bits per heavy atom. The summed E-state index contributed by atoms with van der Waals surface area (Å²) in [7, 11) is -3.26. The first-order chi connectivity index (χ1) is 5.75. The highest BCUT2D eigenvalue weighted by Gasteiger charge is 2.26. The van der Waals surface area contributed by atoms with Gasteiger partial charge in [0.15, 0.2) is 0 Å². The molecule has 1 unspecified atom stereocenters. The first-order valence-electron chi connectivity index (χ1n) is 4.48. The Morgan fingerprint density at radius 1 is 1.46 bits per heavy atom. The SMILES string of the molecule is CCC(C)(C)NS(=O)(=O)C(C)CN. The molecule has 0 aromatic rings. The van der Waals surface area contributed by atoms with E-state index in [0.717, 1.165) is 6.42 Å². The zero-order valence-corrected chi connectivity index (χ0v) is 9.61. The van der Waals surface area contributed by atoms with Crippen LogP contribution in [0.1, 0.15) is 34.1 Å². The third-order valence-electron chi connectivity index (χ3n) is 2.16. The minimum atomic E-state index is -3.26. The summed E-state index contributed by atoms with van der Waals surface area (Å²) in [5, 5.41) is -0.529. The maximum atomic E-state index is 11.5. The molecule has 0 amide bonds. The minimum absolute atomic E-state index is 0.148. The predicted octanol–water partition coefficient (Wildman–Crippen LogP) is 0.442. The van der Waals surface area contributed by atoms with Gasteiger partial charge in [0, 0.05) is 12.1 Å². The van der Waals surface area contributed by atoms with E-state index in [0.29, 0.717) is 0 Å². The summed E-state index contributed by atoms with van der Waals surface area (Å²) in [6, 6.07) is 0. The highest BCUT2D eigenvalue weighted by molar-refractivity contribution is 7.90. The van der Waals surface area contributed by atoms with Crippen LogP contribution in [0.3, 0.4) is 0 Å². The molecule has 0 heterocycles. The molecule has 0 saturated heterocycles. The van der Waals surface area contributed by atoms with E-state index in [9.17, 15) is 8.42 Å². The zero-order valence-electron chi connectivity index (χ0n) is 8.79. The normalized spacial score (nSPS) is 15.8. The molecule has 13 heavy (non-hydrogen) atoms. The number of nitrogens with two attached hydrogens (primary N) is 1. The van der Waals surface area contributed by atoms with Gasteiger partial charge in [0.2, 0.25) is 10.0 Å². The van der Waals surface area contributed by atoms with Crippen molar-refractivity contribution in [3.05, 3.63) is 0 Å². The van der Waals surface area contributed by atoms with Gasteiger partial charge in [-0.1, -0.05) is 6.92 Å². The lowest BCUT2D eigenvalue weighted by Gasteiger charge is -2.26. The third-order valence-corrected chi connectivity index (χ3v) is 4.25. The molecule has 0 aromatic heterocycles. The summed E-state index contributed by atoms with van der Waals surface area (Å²) in [5.74, 6) is 0. The van der Waals surface area contributed by atoms with E-state index in [2.05, 4.69) is 4.72 Å². The molecule has 0 rings (SSSR count). The molecule has 0 aromatic carbocycles. The summed E-state index contributed by atoms with van der Waals surface area (Å²) in [6.45, 7) is 7.40. The van der Waals surface area contributed by atoms with Crippen LogP contribution in [-0.2, 0) is 10.0 Å². The van der Waals surface area contributed by atoms with Crippen LogP contribution in [-0.4, -0.2) is 25.8 Å². The third kappa shape index (κ3) is 4.06. The molecule has 3 N–H and O–H groups in total. The quantitative estimate of drug-likeness (QED) is 0.688. The fourth-order valence-corrected chi connectivity index (χ4v) is 2.05. The van der Waals surface area contributed by atoms with Crippen molar-refractivity contribution in [1.82, 2.24) is 4.72 Å². The van der Waals surface area contributed by atoms with Crippen molar-refractivity contribution >= 4 is 10.0 Å². The second kappa shape index (κ2) is 4.39. The molecular formula is C8H20N2O2S. The van der Waals surface area contributed by atoms with Crippen LogP contribution < -0.4 is 10.5 Å². The lowest BCUT2D eigenvalue weighted by Crippen LogP contribution is -2.47. The second-order valence-corrected chi connectivity index (χ2v) is 6.03. The molecule has 0 aliphatic heterocycles. The smallest absolute Gasteiger partial charge is 0.215 e. The summed E-state index contributed by atoms with van der Waals surface area (Å²) in [6.07, 6.45) is 0.753. The number of rotatable bonds is 5. The van der Waals surface area contributed by atoms with Gasteiger partial charge in [-0.25, -0.2) is 13.1 Å². The lowest BCUT2D eigenvalue weighted by molar-refractivity contribution is 0.436. The Morgan fingerprint density at radius 3 is 2.23 bits per heavy atom. The van der Waals surface area contributed by atoms with Gasteiger partial charge in [0.25, 0.3) is 0 Å². The van der Waals surface area contributed by atoms with Crippen molar-refractivity contribution in [2.75, 3.05) is 6.54 Å². The second-order valence-electron chi connectivity index (χ2n) is 3.93. The van der Waals surface area contributed by atoms with Crippen molar-refractivity contribution < 1.29 is 8.42 Å². The van der Waals surface area contributed by atoms with Gasteiger partial charge in [-0.2, -0.15) is 0 Å². The number of hydrogen-bond acceptors (Lipinski definition) is 3. The monoisotopic (exact) mass is 208 g/mol. The Bertz CT molecular complexity index is 247. The van der Waals surface area contributed by atoms with E-state index in [1.54, 1.807) is 6.92 Å². The maximum absolute atomic E-state index is 11.5. The van der Waals surface area contributed by atoms with Crippen molar-refractivity contribution in [1.29, 1.82) is 0 Å². The van der Waals surface area contributed by atoms with Gasteiger partial charge in [-0.05, 0) is 27.2 Å². The molecule has 0 bridgehead atoms.